The van der Waals surface area contributed by atoms with Crippen LogP contribution in [0.4, 0.5) is 4.39 Å². The van der Waals surface area contributed by atoms with E-state index in [0.29, 0.717) is 27.6 Å². The molecule has 1 unspecified atom stereocenters. The number of hydrogen-bond acceptors (Lipinski definition) is 3. The van der Waals surface area contributed by atoms with Gasteiger partial charge in [-0.1, -0.05) is 23.7 Å². The van der Waals surface area contributed by atoms with Gasteiger partial charge >= 0.3 is 0 Å². The fraction of sp³-hybridized carbons (Fsp3) is 0.200. The van der Waals surface area contributed by atoms with Crippen molar-refractivity contribution < 1.29 is 19.0 Å². The van der Waals surface area contributed by atoms with Crippen molar-refractivity contribution in [2.24, 2.45) is 0 Å². The van der Waals surface area contributed by atoms with Crippen molar-refractivity contribution in [1.29, 1.82) is 0 Å². The Labute approximate surface area is 121 Å². The zero-order chi connectivity index (χ0) is 14.7. The van der Waals surface area contributed by atoms with E-state index in [1.165, 1.54) is 32.4 Å². The summed E-state index contributed by atoms with van der Waals surface area (Å²) in [6.45, 7) is 0. The number of rotatable bonds is 4. The second-order valence-electron chi connectivity index (χ2n) is 4.20. The highest BCUT2D eigenvalue weighted by Crippen LogP contribution is 2.38. The van der Waals surface area contributed by atoms with Crippen molar-refractivity contribution in [3.63, 3.8) is 0 Å². The average molecular weight is 297 g/mol. The Morgan fingerprint density at radius 3 is 2.45 bits per heavy atom. The first-order valence-electron chi connectivity index (χ1n) is 5.91. The van der Waals surface area contributed by atoms with Crippen LogP contribution in [0.2, 0.25) is 5.02 Å². The van der Waals surface area contributed by atoms with E-state index >= 15 is 0 Å². The normalized spacial score (nSPS) is 12.1. The summed E-state index contributed by atoms with van der Waals surface area (Å²) in [6.07, 6.45) is -0.997. The molecular formula is C15H14ClFO3. The Balaban J connectivity index is 2.45. The first-order valence-corrected chi connectivity index (χ1v) is 6.29. The van der Waals surface area contributed by atoms with Crippen molar-refractivity contribution in [2.75, 3.05) is 14.2 Å². The summed E-state index contributed by atoms with van der Waals surface area (Å²) < 4.78 is 23.5. The lowest BCUT2D eigenvalue weighted by molar-refractivity contribution is 0.219. The molecule has 3 nitrogen and oxygen atoms in total. The van der Waals surface area contributed by atoms with E-state index in [4.69, 9.17) is 21.1 Å². The van der Waals surface area contributed by atoms with Crippen LogP contribution in [0.15, 0.2) is 36.4 Å². The molecule has 1 atom stereocenters. The number of ether oxygens (including phenoxy) is 2. The molecule has 106 valence electrons. The molecule has 0 fully saturated rings. The highest BCUT2D eigenvalue weighted by atomic mass is 35.5. The van der Waals surface area contributed by atoms with Gasteiger partial charge in [0.15, 0.2) is 11.5 Å². The van der Waals surface area contributed by atoms with Crippen molar-refractivity contribution in [3.8, 4) is 11.5 Å². The summed E-state index contributed by atoms with van der Waals surface area (Å²) in [6, 6.07) is 8.94. The van der Waals surface area contributed by atoms with Gasteiger partial charge in [-0.3, -0.25) is 0 Å². The number of halogens is 2. The van der Waals surface area contributed by atoms with Gasteiger partial charge in [0, 0.05) is 0 Å². The first-order chi connectivity index (χ1) is 9.56. The summed E-state index contributed by atoms with van der Waals surface area (Å²) >= 11 is 6.09. The van der Waals surface area contributed by atoms with Crippen LogP contribution in [-0.4, -0.2) is 19.3 Å². The molecule has 0 amide bonds. The third-order valence-corrected chi connectivity index (χ3v) is 3.22. The Morgan fingerprint density at radius 1 is 1.10 bits per heavy atom. The third-order valence-electron chi connectivity index (χ3n) is 2.94. The van der Waals surface area contributed by atoms with E-state index in [0.717, 1.165) is 0 Å². The molecule has 2 aromatic carbocycles. The van der Waals surface area contributed by atoms with Crippen LogP contribution in [0.3, 0.4) is 0 Å². The van der Waals surface area contributed by atoms with Gasteiger partial charge in [-0.15, -0.1) is 0 Å². The topological polar surface area (TPSA) is 38.7 Å². The van der Waals surface area contributed by atoms with Crippen LogP contribution in [0.1, 0.15) is 17.2 Å². The minimum atomic E-state index is -0.997. The fourth-order valence-corrected chi connectivity index (χ4v) is 2.26. The number of methoxy groups -OCH3 is 2. The van der Waals surface area contributed by atoms with E-state index in [9.17, 15) is 9.50 Å². The Hall–Kier alpha value is -1.78. The third kappa shape index (κ3) is 2.86. The number of benzene rings is 2. The van der Waals surface area contributed by atoms with E-state index < -0.39 is 11.9 Å². The lowest BCUT2D eigenvalue weighted by Crippen LogP contribution is -2.02. The molecule has 0 aliphatic carbocycles. The van der Waals surface area contributed by atoms with Crippen molar-refractivity contribution in [1.82, 2.24) is 0 Å². The molecule has 1 N–H and O–H groups in total. The molecular weight excluding hydrogens is 283 g/mol. The number of aliphatic hydroxyl groups excluding tert-OH is 1. The van der Waals surface area contributed by atoms with Gasteiger partial charge in [0.05, 0.1) is 19.2 Å². The van der Waals surface area contributed by atoms with Gasteiger partial charge < -0.3 is 14.6 Å². The van der Waals surface area contributed by atoms with Crippen molar-refractivity contribution in [3.05, 3.63) is 58.4 Å². The van der Waals surface area contributed by atoms with Crippen LogP contribution in [-0.2, 0) is 0 Å². The van der Waals surface area contributed by atoms with Crippen LogP contribution in [0, 0.1) is 5.82 Å². The monoisotopic (exact) mass is 296 g/mol. The van der Waals surface area contributed by atoms with E-state index in [2.05, 4.69) is 0 Å². The number of aliphatic hydroxyl groups is 1. The minimum absolute atomic E-state index is 0.317. The SMILES string of the molecule is COc1cc(C(O)c2cccc(F)c2)cc(Cl)c1OC. The summed E-state index contributed by atoms with van der Waals surface area (Å²) in [7, 11) is 2.96. The smallest absolute Gasteiger partial charge is 0.179 e. The Morgan fingerprint density at radius 2 is 1.85 bits per heavy atom. The van der Waals surface area contributed by atoms with E-state index in [-0.39, 0.29) is 0 Å². The standard InChI is InChI=1S/C15H14ClFO3/c1-19-13-8-10(7-12(16)15(13)20-2)14(18)9-4-3-5-11(17)6-9/h3-8,14,18H,1-2H3. The predicted molar refractivity (Wildman–Crippen MR) is 75.0 cm³/mol. The fourth-order valence-electron chi connectivity index (χ4n) is 1.96. The van der Waals surface area contributed by atoms with Crippen LogP contribution in [0.5, 0.6) is 11.5 Å². The van der Waals surface area contributed by atoms with Crippen LogP contribution in [0.25, 0.3) is 0 Å². The molecule has 2 aromatic rings. The van der Waals surface area contributed by atoms with E-state index in [1.807, 2.05) is 0 Å². The molecule has 0 saturated carbocycles. The molecule has 0 aliphatic rings. The minimum Gasteiger partial charge on any atom is -0.493 e. The first kappa shape index (κ1) is 14.6. The van der Waals surface area contributed by atoms with Crippen molar-refractivity contribution >= 4 is 11.6 Å². The highest BCUT2D eigenvalue weighted by molar-refractivity contribution is 6.32. The molecule has 0 radical (unpaired) electrons. The van der Waals surface area contributed by atoms with Gasteiger partial charge in [-0.2, -0.15) is 0 Å². The van der Waals surface area contributed by atoms with Crippen LogP contribution >= 0.6 is 11.6 Å². The molecule has 0 aromatic heterocycles. The van der Waals surface area contributed by atoms with Gasteiger partial charge in [0.2, 0.25) is 0 Å². The zero-order valence-corrected chi connectivity index (χ0v) is 11.8. The average Bonchev–Trinajstić information content (AvgIpc) is 2.45. The largest absolute Gasteiger partial charge is 0.493 e. The number of hydrogen-bond donors (Lipinski definition) is 1. The molecule has 0 aliphatic heterocycles. The maximum Gasteiger partial charge on any atom is 0.179 e. The van der Waals surface area contributed by atoms with Gasteiger partial charge in [-0.25, -0.2) is 4.39 Å². The Kier molecular flexibility index (Phi) is 4.47. The maximum atomic E-state index is 13.2. The van der Waals surface area contributed by atoms with Crippen LogP contribution < -0.4 is 9.47 Å². The molecule has 0 bridgehead atoms. The second-order valence-corrected chi connectivity index (χ2v) is 4.60. The molecule has 0 saturated heterocycles. The molecule has 0 spiro atoms. The molecule has 5 heteroatoms. The zero-order valence-electron chi connectivity index (χ0n) is 11.1. The molecule has 20 heavy (non-hydrogen) atoms. The lowest BCUT2D eigenvalue weighted by Gasteiger charge is -2.16. The van der Waals surface area contributed by atoms with Crippen molar-refractivity contribution in [2.45, 2.75) is 6.10 Å². The van der Waals surface area contributed by atoms with Gasteiger partial charge in [-0.05, 0) is 35.4 Å². The Bertz CT molecular complexity index is 616. The summed E-state index contributed by atoms with van der Waals surface area (Å²) in [5, 5.41) is 10.6. The second kappa shape index (κ2) is 6.11. The molecule has 0 heterocycles. The van der Waals surface area contributed by atoms with Gasteiger partial charge in [0.1, 0.15) is 11.9 Å². The van der Waals surface area contributed by atoms with E-state index in [1.54, 1.807) is 18.2 Å². The lowest BCUT2D eigenvalue weighted by atomic mass is 10.0. The summed E-state index contributed by atoms with van der Waals surface area (Å²) in [5.74, 6) is 0.392. The summed E-state index contributed by atoms with van der Waals surface area (Å²) in [5.41, 5.74) is 0.937. The predicted octanol–water partition coefficient (Wildman–Crippen LogP) is 3.58. The maximum absolute atomic E-state index is 13.2. The molecule has 2 rings (SSSR count). The van der Waals surface area contributed by atoms with Gasteiger partial charge in [0.25, 0.3) is 0 Å². The quantitative estimate of drug-likeness (QED) is 0.937. The highest BCUT2D eigenvalue weighted by Gasteiger charge is 2.17. The summed E-state index contributed by atoms with van der Waals surface area (Å²) in [4.78, 5) is 0.